The van der Waals surface area contributed by atoms with Crippen molar-refractivity contribution in [3.8, 4) is 5.75 Å². The van der Waals surface area contributed by atoms with Crippen LogP contribution in [0.15, 0.2) is 30.3 Å². The highest BCUT2D eigenvalue weighted by molar-refractivity contribution is 6.33. The number of rotatable bonds is 6. The summed E-state index contributed by atoms with van der Waals surface area (Å²) in [5.41, 5.74) is 4.94. The summed E-state index contributed by atoms with van der Waals surface area (Å²) in [5.74, 6) is -2.62. The van der Waals surface area contributed by atoms with Crippen LogP contribution in [0.5, 0.6) is 5.75 Å². The number of hydrogen-bond acceptors (Lipinski definition) is 7. The highest BCUT2D eigenvalue weighted by atomic mass is 35.5. The second-order valence-electron chi connectivity index (χ2n) is 5.12. The minimum Gasteiger partial charge on any atom is -0.496 e. The number of esters is 1. The number of carbonyl (C=O) groups is 2. The van der Waals surface area contributed by atoms with Gasteiger partial charge in [-0.15, -0.1) is 0 Å². The van der Waals surface area contributed by atoms with Crippen molar-refractivity contribution in [2.75, 3.05) is 24.8 Å². The zero-order chi connectivity index (χ0) is 20.1. The second-order valence-corrected chi connectivity index (χ2v) is 5.53. The van der Waals surface area contributed by atoms with Crippen LogP contribution >= 0.6 is 11.6 Å². The molecule has 0 aliphatic rings. The van der Waals surface area contributed by atoms with Crippen LogP contribution in [0.1, 0.15) is 10.4 Å². The van der Waals surface area contributed by atoms with Crippen molar-refractivity contribution in [1.29, 1.82) is 0 Å². The lowest BCUT2D eigenvalue weighted by atomic mass is 10.2. The highest BCUT2D eigenvalue weighted by Crippen LogP contribution is 2.29. The Balaban J connectivity index is 2.04. The zero-order valence-electron chi connectivity index (χ0n) is 13.8. The molecule has 0 spiro atoms. The molecule has 3 N–H and O–H groups in total. The van der Waals surface area contributed by atoms with Crippen molar-refractivity contribution < 1.29 is 28.4 Å². The first-order valence-corrected chi connectivity index (χ1v) is 7.64. The van der Waals surface area contributed by atoms with Gasteiger partial charge in [-0.3, -0.25) is 14.9 Å². The molecule has 27 heavy (non-hydrogen) atoms. The van der Waals surface area contributed by atoms with Crippen LogP contribution < -0.4 is 15.8 Å². The van der Waals surface area contributed by atoms with Gasteiger partial charge < -0.3 is 20.5 Å². The van der Waals surface area contributed by atoms with E-state index < -0.39 is 34.9 Å². The van der Waals surface area contributed by atoms with Crippen LogP contribution in [0.3, 0.4) is 0 Å². The molecule has 0 aromatic heterocycles. The van der Waals surface area contributed by atoms with E-state index in [0.29, 0.717) is 0 Å². The molecule has 2 aromatic rings. The molecule has 2 rings (SSSR count). The van der Waals surface area contributed by atoms with Crippen LogP contribution in [0.25, 0.3) is 0 Å². The molecule has 1 amide bonds. The fraction of sp³-hybridized carbons (Fsp3) is 0.125. The van der Waals surface area contributed by atoms with Gasteiger partial charge in [0.15, 0.2) is 6.61 Å². The molecule has 0 aliphatic carbocycles. The van der Waals surface area contributed by atoms with Crippen molar-refractivity contribution in [3.63, 3.8) is 0 Å². The highest BCUT2D eigenvalue weighted by Gasteiger charge is 2.19. The summed E-state index contributed by atoms with van der Waals surface area (Å²) in [5, 5.41) is 13.1. The van der Waals surface area contributed by atoms with E-state index in [1.54, 1.807) is 0 Å². The molecule has 11 heteroatoms. The molecule has 142 valence electrons. The number of carbonyl (C=O) groups excluding carboxylic acids is 2. The summed E-state index contributed by atoms with van der Waals surface area (Å²) < 4.78 is 23.2. The van der Waals surface area contributed by atoms with Crippen molar-refractivity contribution in [3.05, 3.63) is 56.8 Å². The number of amides is 1. The maximum Gasteiger partial charge on any atom is 0.342 e. The number of benzene rings is 2. The molecule has 2 aromatic carbocycles. The zero-order valence-corrected chi connectivity index (χ0v) is 14.6. The van der Waals surface area contributed by atoms with Gasteiger partial charge in [-0.1, -0.05) is 11.6 Å². The maximum absolute atomic E-state index is 13.3. The van der Waals surface area contributed by atoms with Gasteiger partial charge in [0.05, 0.1) is 22.7 Å². The summed E-state index contributed by atoms with van der Waals surface area (Å²) in [4.78, 5) is 33.7. The lowest BCUT2D eigenvalue weighted by molar-refractivity contribution is -0.387. The summed E-state index contributed by atoms with van der Waals surface area (Å²) in [6, 6.07) is 5.37. The molecule has 0 unspecified atom stereocenters. The monoisotopic (exact) mass is 397 g/mol. The van der Waals surface area contributed by atoms with Crippen LogP contribution in [0.2, 0.25) is 5.02 Å². The number of anilines is 2. The number of nitrogen functional groups attached to an aromatic ring is 1. The third-order valence-electron chi connectivity index (χ3n) is 3.30. The topological polar surface area (TPSA) is 134 Å². The number of nitrogens with one attached hydrogen (secondary N) is 1. The average Bonchev–Trinajstić information content (AvgIpc) is 2.62. The number of nitrogens with two attached hydrogens (primary N) is 1. The normalized spacial score (nSPS) is 10.2. The van der Waals surface area contributed by atoms with Crippen LogP contribution in [0, 0.1) is 15.9 Å². The van der Waals surface area contributed by atoms with Gasteiger partial charge in [0.25, 0.3) is 5.91 Å². The molecule has 0 aliphatic heterocycles. The van der Waals surface area contributed by atoms with Gasteiger partial charge in [0.1, 0.15) is 11.3 Å². The Bertz CT molecular complexity index is 921. The Kier molecular flexibility index (Phi) is 6.14. The summed E-state index contributed by atoms with van der Waals surface area (Å²) >= 11 is 5.86. The van der Waals surface area contributed by atoms with E-state index in [1.165, 1.54) is 19.2 Å². The van der Waals surface area contributed by atoms with Crippen LogP contribution in [0.4, 0.5) is 21.5 Å². The van der Waals surface area contributed by atoms with Gasteiger partial charge in [0, 0.05) is 17.8 Å². The lowest BCUT2D eigenvalue weighted by Gasteiger charge is -2.11. The number of hydrogen-bond donors (Lipinski definition) is 2. The molecule has 0 atom stereocenters. The molecule has 0 radical (unpaired) electrons. The fourth-order valence-electron chi connectivity index (χ4n) is 2.03. The first kappa shape index (κ1) is 19.9. The molecule has 0 saturated heterocycles. The average molecular weight is 398 g/mol. The third kappa shape index (κ3) is 4.82. The van der Waals surface area contributed by atoms with E-state index >= 15 is 0 Å². The molecule has 0 saturated carbocycles. The Morgan fingerprint density at radius 2 is 2.04 bits per heavy atom. The van der Waals surface area contributed by atoms with Crippen LogP contribution in [-0.2, 0) is 9.53 Å². The van der Waals surface area contributed by atoms with Gasteiger partial charge >= 0.3 is 11.7 Å². The van der Waals surface area contributed by atoms with Crippen molar-refractivity contribution >= 4 is 40.5 Å². The summed E-state index contributed by atoms with van der Waals surface area (Å²) in [6.07, 6.45) is 0. The van der Waals surface area contributed by atoms with Crippen molar-refractivity contribution in [2.45, 2.75) is 0 Å². The van der Waals surface area contributed by atoms with Gasteiger partial charge in [-0.25, -0.2) is 4.79 Å². The van der Waals surface area contributed by atoms with Gasteiger partial charge in [0.2, 0.25) is 5.82 Å². The molecule has 9 nitrogen and oxygen atoms in total. The Labute approximate surface area is 157 Å². The summed E-state index contributed by atoms with van der Waals surface area (Å²) in [6.45, 7) is -0.699. The fourth-order valence-corrected chi connectivity index (χ4v) is 2.20. The van der Waals surface area contributed by atoms with Crippen LogP contribution in [-0.4, -0.2) is 30.5 Å². The number of nitro benzene ring substituents is 1. The van der Waals surface area contributed by atoms with E-state index in [4.69, 9.17) is 26.8 Å². The number of halogens is 2. The van der Waals surface area contributed by atoms with Gasteiger partial charge in [-0.05, 0) is 18.2 Å². The predicted octanol–water partition coefficient (Wildman–Crippen LogP) is 2.77. The van der Waals surface area contributed by atoms with E-state index in [0.717, 1.165) is 18.2 Å². The first-order chi connectivity index (χ1) is 12.7. The molecular weight excluding hydrogens is 385 g/mol. The SMILES string of the molecule is COc1cc(N)c(Cl)cc1C(=O)OCC(=O)Nc1ccc(F)c([N+](=O)[O-])c1. The molecular formula is C16H13ClFN3O6. The Morgan fingerprint density at radius 3 is 2.67 bits per heavy atom. The van der Waals surface area contributed by atoms with E-state index in [2.05, 4.69) is 5.32 Å². The largest absolute Gasteiger partial charge is 0.496 e. The summed E-state index contributed by atoms with van der Waals surface area (Å²) in [7, 11) is 1.31. The lowest BCUT2D eigenvalue weighted by Crippen LogP contribution is -2.21. The van der Waals surface area contributed by atoms with Crippen molar-refractivity contribution in [1.82, 2.24) is 0 Å². The number of ether oxygens (including phenoxy) is 2. The number of nitro groups is 1. The molecule has 0 heterocycles. The number of nitrogens with zero attached hydrogens (tertiary/aromatic N) is 1. The van der Waals surface area contributed by atoms with E-state index in [-0.39, 0.29) is 27.7 Å². The number of methoxy groups -OCH3 is 1. The second kappa shape index (κ2) is 8.32. The predicted molar refractivity (Wildman–Crippen MR) is 94.4 cm³/mol. The molecule has 0 fully saturated rings. The standard InChI is InChI=1S/C16H13ClFN3O6/c1-26-14-6-12(19)10(17)5-9(14)16(23)27-7-15(22)20-8-2-3-11(18)13(4-8)21(24)25/h2-6H,7,19H2,1H3,(H,20,22). The maximum atomic E-state index is 13.3. The minimum absolute atomic E-state index is 0.0303. The smallest absolute Gasteiger partial charge is 0.342 e. The van der Waals surface area contributed by atoms with Gasteiger partial charge in [-0.2, -0.15) is 4.39 Å². The van der Waals surface area contributed by atoms with E-state index in [1.807, 2.05) is 0 Å². The first-order valence-electron chi connectivity index (χ1n) is 7.27. The third-order valence-corrected chi connectivity index (χ3v) is 3.63. The minimum atomic E-state index is -1.04. The molecule has 0 bridgehead atoms. The van der Waals surface area contributed by atoms with Crippen molar-refractivity contribution in [2.24, 2.45) is 0 Å². The quantitative estimate of drug-likeness (QED) is 0.331. The van der Waals surface area contributed by atoms with E-state index in [9.17, 15) is 24.1 Å². The Morgan fingerprint density at radius 1 is 1.33 bits per heavy atom. The Hall–Kier alpha value is -3.40.